The van der Waals surface area contributed by atoms with Crippen molar-refractivity contribution < 1.29 is 17.9 Å². The van der Waals surface area contributed by atoms with Gasteiger partial charge in [-0.2, -0.15) is 11.8 Å². The summed E-state index contributed by atoms with van der Waals surface area (Å²) in [6, 6.07) is 4.18. The molecule has 0 amide bonds. The van der Waals surface area contributed by atoms with Gasteiger partial charge in [0.05, 0.1) is 0 Å². The van der Waals surface area contributed by atoms with Crippen molar-refractivity contribution in [1.29, 1.82) is 0 Å². The summed E-state index contributed by atoms with van der Waals surface area (Å²) in [6.07, 6.45) is -3.76. The fraction of sp³-hybridized carbons (Fsp3) is 0.500. The van der Waals surface area contributed by atoms with E-state index < -0.39 is 6.36 Å². The van der Waals surface area contributed by atoms with Crippen molar-refractivity contribution in [2.75, 3.05) is 0 Å². The smallest absolute Gasteiger partial charge is 0.406 e. The van der Waals surface area contributed by atoms with E-state index in [1.807, 2.05) is 6.92 Å². The Labute approximate surface area is 108 Å². The Morgan fingerprint density at radius 2 is 2.17 bits per heavy atom. The summed E-state index contributed by atoms with van der Waals surface area (Å²) in [6.45, 7) is 2.03. The van der Waals surface area contributed by atoms with Crippen LogP contribution < -0.4 is 10.5 Å². The zero-order valence-electron chi connectivity index (χ0n) is 9.83. The summed E-state index contributed by atoms with van der Waals surface area (Å²) < 4.78 is 40.4. The van der Waals surface area contributed by atoms with Gasteiger partial charge in [-0.25, -0.2) is 0 Å². The number of nitrogens with two attached hydrogens (primary N) is 1. The van der Waals surface area contributed by atoms with Crippen molar-refractivity contribution in [3.8, 4) is 5.75 Å². The topological polar surface area (TPSA) is 35.2 Å². The summed E-state index contributed by atoms with van der Waals surface area (Å²) in [7, 11) is 0. The molecule has 1 aliphatic heterocycles. The van der Waals surface area contributed by atoms with Gasteiger partial charge in [-0.1, -0.05) is 13.0 Å². The zero-order chi connectivity index (χ0) is 13.3. The molecule has 1 aliphatic rings. The minimum atomic E-state index is -4.66. The maximum absolute atomic E-state index is 12.2. The number of rotatable bonds is 2. The molecule has 0 radical (unpaired) electrons. The van der Waals surface area contributed by atoms with E-state index in [0.29, 0.717) is 0 Å². The Morgan fingerprint density at radius 1 is 1.44 bits per heavy atom. The monoisotopic (exact) mass is 277 g/mol. The second-order valence-corrected chi connectivity index (χ2v) is 5.42. The lowest BCUT2D eigenvalue weighted by molar-refractivity contribution is -0.274. The maximum Gasteiger partial charge on any atom is 0.573 e. The van der Waals surface area contributed by atoms with E-state index in [9.17, 15) is 13.2 Å². The van der Waals surface area contributed by atoms with Gasteiger partial charge in [0, 0.05) is 17.0 Å². The first-order valence-corrected chi connectivity index (χ1v) is 6.71. The molecule has 0 spiro atoms. The zero-order valence-corrected chi connectivity index (χ0v) is 10.6. The number of hydrogen-bond donors (Lipinski definition) is 1. The first-order valence-electron chi connectivity index (χ1n) is 5.66. The first-order chi connectivity index (χ1) is 8.40. The number of halogens is 3. The highest BCUT2D eigenvalue weighted by Gasteiger charge is 2.32. The third-order valence-corrected chi connectivity index (χ3v) is 4.50. The quantitative estimate of drug-likeness (QED) is 0.897. The molecule has 0 aromatic heterocycles. The highest BCUT2D eigenvalue weighted by atomic mass is 32.2. The lowest BCUT2D eigenvalue weighted by Gasteiger charge is -2.30. The van der Waals surface area contributed by atoms with Crippen LogP contribution in [-0.4, -0.2) is 11.6 Å². The Balaban J connectivity index is 2.27. The second-order valence-electron chi connectivity index (χ2n) is 4.19. The highest BCUT2D eigenvalue weighted by Crippen LogP contribution is 2.39. The van der Waals surface area contributed by atoms with Gasteiger partial charge in [-0.3, -0.25) is 0 Å². The molecule has 2 atom stereocenters. The fourth-order valence-corrected chi connectivity index (χ4v) is 3.33. The Morgan fingerprint density at radius 3 is 2.78 bits per heavy atom. The van der Waals surface area contributed by atoms with E-state index in [0.717, 1.165) is 23.3 Å². The molecule has 0 bridgehead atoms. The van der Waals surface area contributed by atoms with Crippen LogP contribution in [0.25, 0.3) is 0 Å². The van der Waals surface area contributed by atoms with E-state index in [1.165, 1.54) is 12.1 Å². The summed E-state index contributed by atoms with van der Waals surface area (Å²) in [5.74, 6) is 0.590. The molecule has 2 N–H and O–H groups in total. The van der Waals surface area contributed by atoms with Gasteiger partial charge < -0.3 is 10.5 Å². The van der Waals surface area contributed by atoms with Crippen LogP contribution in [0.5, 0.6) is 5.75 Å². The standard InChI is InChI=1S/C12H14F3NOS/c1-2-10-11(16)9-5-8(17-12(13,14)15)4-3-7(9)6-18-10/h3-5,10-11H,2,6,16H2,1H3. The van der Waals surface area contributed by atoms with Crippen LogP contribution in [0.2, 0.25) is 0 Å². The van der Waals surface area contributed by atoms with Gasteiger partial charge >= 0.3 is 6.36 Å². The molecule has 1 heterocycles. The molecule has 2 rings (SSSR count). The number of ether oxygens (including phenoxy) is 1. The van der Waals surface area contributed by atoms with Crippen molar-refractivity contribution in [3.05, 3.63) is 29.3 Å². The molecule has 100 valence electrons. The summed E-state index contributed by atoms with van der Waals surface area (Å²) in [5.41, 5.74) is 7.83. The molecular weight excluding hydrogens is 263 g/mol. The number of hydrogen-bond acceptors (Lipinski definition) is 3. The van der Waals surface area contributed by atoms with Crippen LogP contribution in [0.1, 0.15) is 30.5 Å². The summed E-state index contributed by atoms with van der Waals surface area (Å²) in [4.78, 5) is 0. The van der Waals surface area contributed by atoms with Crippen molar-refractivity contribution in [1.82, 2.24) is 0 Å². The van der Waals surface area contributed by atoms with Crippen molar-refractivity contribution in [2.24, 2.45) is 5.73 Å². The van der Waals surface area contributed by atoms with Gasteiger partial charge in [-0.05, 0) is 29.7 Å². The average molecular weight is 277 g/mol. The molecule has 0 saturated heterocycles. The van der Waals surface area contributed by atoms with Crippen LogP contribution in [-0.2, 0) is 5.75 Å². The van der Waals surface area contributed by atoms with Crippen molar-refractivity contribution >= 4 is 11.8 Å². The van der Waals surface area contributed by atoms with Gasteiger partial charge in [0.15, 0.2) is 0 Å². The van der Waals surface area contributed by atoms with Crippen LogP contribution in [0.15, 0.2) is 18.2 Å². The van der Waals surface area contributed by atoms with E-state index in [4.69, 9.17) is 5.73 Å². The third-order valence-electron chi connectivity index (χ3n) is 2.97. The number of thioether (sulfide) groups is 1. The molecule has 6 heteroatoms. The average Bonchev–Trinajstić information content (AvgIpc) is 2.28. The number of benzene rings is 1. The predicted octanol–water partition coefficient (Wildman–Crippen LogP) is 3.61. The molecule has 0 aliphatic carbocycles. The fourth-order valence-electron chi connectivity index (χ4n) is 2.08. The molecule has 2 unspecified atom stereocenters. The van der Waals surface area contributed by atoms with Gasteiger partial charge in [0.25, 0.3) is 0 Å². The molecule has 1 aromatic rings. The molecule has 0 saturated carbocycles. The van der Waals surface area contributed by atoms with Crippen LogP contribution >= 0.6 is 11.8 Å². The van der Waals surface area contributed by atoms with Gasteiger partial charge in [-0.15, -0.1) is 13.2 Å². The Bertz CT molecular complexity index is 436. The van der Waals surface area contributed by atoms with E-state index in [-0.39, 0.29) is 17.0 Å². The number of alkyl halides is 3. The second kappa shape index (κ2) is 5.01. The molecule has 2 nitrogen and oxygen atoms in total. The highest BCUT2D eigenvalue weighted by molar-refractivity contribution is 7.99. The molecule has 1 aromatic carbocycles. The lowest BCUT2D eigenvalue weighted by Crippen LogP contribution is -2.28. The van der Waals surface area contributed by atoms with Crippen LogP contribution in [0, 0.1) is 0 Å². The van der Waals surface area contributed by atoms with Gasteiger partial charge in [0.2, 0.25) is 0 Å². The van der Waals surface area contributed by atoms with Gasteiger partial charge in [0.1, 0.15) is 5.75 Å². The molecule has 0 fully saturated rings. The van der Waals surface area contributed by atoms with Crippen LogP contribution in [0.4, 0.5) is 13.2 Å². The van der Waals surface area contributed by atoms with Crippen molar-refractivity contribution in [2.45, 2.75) is 36.8 Å². The maximum atomic E-state index is 12.2. The van der Waals surface area contributed by atoms with Crippen LogP contribution in [0.3, 0.4) is 0 Å². The predicted molar refractivity (Wildman–Crippen MR) is 65.4 cm³/mol. The minimum absolute atomic E-state index is 0.196. The number of fused-ring (bicyclic) bond motifs is 1. The molecular formula is C12H14F3NOS. The SMILES string of the molecule is CCC1SCc2ccc(OC(F)(F)F)cc2C1N. The minimum Gasteiger partial charge on any atom is -0.406 e. The summed E-state index contributed by atoms with van der Waals surface area (Å²) >= 11 is 1.74. The molecule has 18 heavy (non-hydrogen) atoms. The summed E-state index contributed by atoms with van der Waals surface area (Å²) in [5, 5.41) is 0.249. The van der Waals surface area contributed by atoms with E-state index in [2.05, 4.69) is 4.74 Å². The third kappa shape index (κ3) is 2.92. The normalized spacial score (nSPS) is 23.6. The van der Waals surface area contributed by atoms with E-state index in [1.54, 1.807) is 17.8 Å². The largest absolute Gasteiger partial charge is 0.573 e. The Kier molecular flexibility index (Phi) is 3.77. The van der Waals surface area contributed by atoms with E-state index >= 15 is 0 Å². The van der Waals surface area contributed by atoms with Crippen molar-refractivity contribution in [3.63, 3.8) is 0 Å². The Hall–Kier alpha value is -0.880. The lowest BCUT2D eigenvalue weighted by atomic mass is 9.97. The first kappa shape index (κ1) is 13.5.